The molecule has 0 radical (unpaired) electrons. The number of halogens is 1. The number of hydrogen-bond acceptors (Lipinski definition) is 11. The summed E-state index contributed by atoms with van der Waals surface area (Å²) >= 11 is 0. The average Bonchev–Trinajstić information content (AvgIpc) is 2.81. The molecular formula is C24H58ClN11. The van der Waals surface area contributed by atoms with Crippen molar-refractivity contribution in [1.29, 1.82) is 0 Å². The number of benzene rings is 1. The van der Waals surface area contributed by atoms with E-state index in [0.717, 1.165) is 50.3 Å². The van der Waals surface area contributed by atoms with E-state index in [-0.39, 0.29) is 42.7 Å². The van der Waals surface area contributed by atoms with Crippen molar-refractivity contribution >= 4 is 41.6 Å². The van der Waals surface area contributed by atoms with Gasteiger partial charge in [0.1, 0.15) is 0 Å². The molecule has 0 aliphatic carbocycles. The van der Waals surface area contributed by atoms with Gasteiger partial charge in [0.15, 0.2) is 0 Å². The van der Waals surface area contributed by atoms with Gasteiger partial charge < -0.3 is 44.6 Å². The molecule has 1 aromatic heterocycles. The minimum absolute atomic E-state index is 0. The lowest BCUT2D eigenvalue weighted by atomic mass is 10.1. The molecule has 0 atom stereocenters. The maximum absolute atomic E-state index is 4.87. The van der Waals surface area contributed by atoms with E-state index in [2.05, 4.69) is 65.1 Å². The first-order chi connectivity index (χ1) is 15.1. The second kappa shape index (κ2) is 17.1. The Morgan fingerprint density at radius 2 is 1.22 bits per heavy atom. The number of hydrogen-bond donors (Lipinski definition) is 5. The largest absolute Gasteiger partial charge is 0.369 e. The Morgan fingerprint density at radius 1 is 0.778 bits per heavy atom. The van der Waals surface area contributed by atoms with Gasteiger partial charge in [-0.3, -0.25) is 0 Å². The van der Waals surface area contributed by atoms with Crippen molar-refractivity contribution in [3.8, 4) is 0 Å². The van der Waals surface area contributed by atoms with Gasteiger partial charge in [0.25, 0.3) is 0 Å². The van der Waals surface area contributed by atoms with Gasteiger partial charge in [-0.15, -0.1) is 12.4 Å². The lowest BCUT2D eigenvalue weighted by molar-refractivity contribution is 0.556. The number of nitrogens with zero attached hydrogens (tertiary/aromatic N) is 6. The standard InChI is InChI=1S/C24H37N7.ClH.4H3N.4H2/c1-4-31(19(2)3)21-13-11-20(12-14-21)25-22-26-23(29-15-7-5-8-16-29)28-24(27-22)30-17-9-6-10-18-30;;;;;;;;;/h11-14,19H,4-10,15-18H2,1-3H3,(H,25,26,27,28);1H;4*1H3;4*1H. The lowest BCUT2D eigenvalue weighted by Crippen LogP contribution is -2.34. The Kier molecular flexibility index (Phi) is 17.0. The molecule has 1 aromatic carbocycles. The second-order valence-corrected chi connectivity index (χ2v) is 8.91. The van der Waals surface area contributed by atoms with Crippen molar-refractivity contribution in [2.24, 2.45) is 0 Å². The van der Waals surface area contributed by atoms with Crippen LogP contribution < -0.4 is 44.6 Å². The summed E-state index contributed by atoms with van der Waals surface area (Å²) in [4.78, 5) is 21.5. The first-order valence-corrected chi connectivity index (χ1v) is 12.0. The van der Waals surface area contributed by atoms with Crippen LogP contribution in [0.3, 0.4) is 0 Å². The Morgan fingerprint density at radius 3 is 1.61 bits per heavy atom. The highest BCUT2D eigenvalue weighted by atomic mass is 35.5. The third kappa shape index (κ3) is 8.90. The molecule has 0 spiro atoms. The monoisotopic (exact) mass is 535 g/mol. The fourth-order valence-corrected chi connectivity index (χ4v) is 4.59. The highest BCUT2D eigenvalue weighted by Crippen LogP contribution is 2.25. The molecule has 2 fully saturated rings. The van der Waals surface area contributed by atoms with Crippen molar-refractivity contribution in [3.05, 3.63) is 24.3 Å². The van der Waals surface area contributed by atoms with Crippen molar-refractivity contribution in [2.45, 2.75) is 65.3 Å². The zero-order valence-electron chi connectivity index (χ0n) is 22.6. The van der Waals surface area contributed by atoms with Crippen LogP contribution in [0.2, 0.25) is 0 Å². The van der Waals surface area contributed by atoms with Crippen LogP contribution in [0.5, 0.6) is 0 Å². The van der Waals surface area contributed by atoms with Crippen molar-refractivity contribution in [3.63, 3.8) is 0 Å². The zero-order chi connectivity index (χ0) is 21.6. The molecule has 0 bridgehead atoms. The quantitative estimate of drug-likeness (QED) is 0.247. The summed E-state index contributed by atoms with van der Waals surface area (Å²) in [6.45, 7) is 11.8. The number of aromatic nitrogens is 3. The normalized spacial score (nSPS) is 14.8. The summed E-state index contributed by atoms with van der Waals surface area (Å²) in [5, 5.41) is 3.44. The third-order valence-electron chi connectivity index (χ3n) is 6.31. The molecular weight excluding hydrogens is 478 g/mol. The van der Waals surface area contributed by atoms with E-state index in [0.29, 0.717) is 12.0 Å². The summed E-state index contributed by atoms with van der Waals surface area (Å²) in [6.07, 6.45) is 7.42. The fraction of sp³-hybridized carbons (Fsp3) is 0.625. The summed E-state index contributed by atoms with van der Waals surface area (Å²) in [7, 11) is 0. The summed E-state index contributed by atoms with van der Waals surface area (Å²) in [6, 6.07) is 9.05. The van der Waals surface area contributed by atoms with E-state index in [1.165, 1.54) is 44.2 Å². The third-order valence-corrected chi connectivity index (χ3v) is 6.31. The van der Waals surface area contributed by atoms with Crippen LogP contribution in [0, 0.1) is 0 Å². The van der Waals surface area contributed by atoms with Crippen LogP contribution in [0.1, 0.15) is 65.0 Å². The van der Waals surface area contributed by atoms with Crippen LogP contribution in [-0.4, -0.2) is 53.7 Å². The molecule has 0 unspecified atom stereocenters. The Hall–Kier alpha value is -2.44. The molecule has 2 aromatic rings. The van der Waals surface area contributed by atoms with Crippen molar-refractivity contribution in [1.82, 2.24) is 39.6 Å². The number of rotatable bonds is 7. The van der Waals surface area contributed by atoms with Crippen molar-refractivity contribution < 1.29 is 5.71 Å². The van der Waals surface area contributed by atoms with Crippen molar-refractivity contribution in [2.75, 3.05) is 52.7 Å². The van der Waals surface area contributed by atoms with Gasteiger partial charge in [-0.1, -0.05) is 0 Å². The summed E-state index contributed by atoms with van der Waals surface area (Å²) < 4.78 is 0. The first-order valence-electron chi connectivity index (χ1n) is 12.0. The van der Waals surface area contributed by atoms with Gasteiger partial charge in [0.2, 0.25) is 17.8 Å². The minimum atomic E-state index is 0. The van der Waals surface area contributed by atoms with Gasteiger partial charge in [-0.25, -0.2) is 0 Å². The van der Waals surface area contributed by atoms with E-state index in [9.17, 15) is 0 Å². The summed E-state index contributed by atoms with van der Waals surface area (Å²) in [5.41, 5.74) is 2.24. The summed E-state index contributed by atoms with van der Waals surface area (Å²) in [5.74, 6) is 2.26. The predicted octanol–water partition coefficient (Wildman–Crippen LogP) is 6.88. The number of nitrogens with one attached hydrogen (secondary N) is 1. The first kappa shape index (κ1) is 35.7. The van der Waals surface area contributed by atoms with E-state index in [1.807, 2.05) is 0 Å². The van der Waals surface area contributed by atoms with Gasteiger partial charge in [0.05, 0.1) is 0 Å². The molecule has 2 aliphatic rings. The Bertz CT molecular complexity index is 821. The molecule has 0 amide bonds. The van der Waals surface area contributed by atoms with Crippen LogP contribution in [0.15, 0.2) is 24.3 Å². The van der Waals surface area contributed by atoms with E-state index >= 15 is 0 Å². The molecule has 36 heavy (non-hydrogen) atoms. The van der Waals surface area contributed by atoms with Gasteiger partial charge >= 0.3 is 0 Å². The Labute approximate surface area is 229 Å². The molecule has 3 heterocycles. The molecule has 12 heteroatoms. The molecule has 2 aliphatic heterocycles. The topological polar surface area (TPSA) is 200 Å². The molecule has 216 valence electrons. The molecule has 11 nitrogen and oxygen atoms in total. The van der Waals surface area contributed by atoms with E-state index in [1.54, 1.807) is 0 Å². The number of piperidine rings is 2. The molecule has 0 saturated carbocycles. The zero-order valence-corrected chi connectivity index (χ0v) is 23.4. The number of anilines is 5. The highest BCUT2D eigenvalue weighted by Gasteiger charge is 2.20. The lowest BCUT2D eigenvalue weighted by Gasteiger charge is -2.30. The molecule has 2 saturated heterocycles. The fourth-order valence-electron chi connectivity index (χ4n) is 4.59. The highest BCUT2D eigenvalue weighted by molar-refractivity contribution is 5.85. The SMILES string of the molecule is CCN(c1ccc(Nc2nc(N3CCCCC3)nc(N3CCCCC3)n2)cc1)C(C)C.Cl.N.N.N.N.[HH].[HH].[HH].[HH]. The molecule has 13 N–H and O–H groups in total. The molecule has 4 rings (SSSR count). The maximum atomic E-state index is 4.87. The maximum Gasteiger partial charge on any atom is 0.233 e. The predicted molar refractivity (Wildman–Crippen MR) is 166 cm³/mol. The van der Waals surface area contributed by atoms with Crippen LogP contribution in [0.25, 0.3) is 0 Å². The van der Waals surface area contributed by atoms with E-state index < -0.39 is 0 Å². The second-order valence-electron chi connectivity index (χ2n) is 8.91. The Balaban J connectivity index is -0.000000321. The van der Waals surface area contributed by atoms with Crippen LogP contribution in [0.4, 0.5) is 29.2 Å². The van der Waals surface area contributed by atoms with Crippen LogP contribution in [-0.2, 0) is 0 Å². The van der Waals surface area contributed by atoms with Gasteiger partial charge in [-0.05, 0) is 83.6 Å². The van der Waals surface area contributed by atoms with Crippen LogP contribution >= 0.6 is 12.4 Å². The van der Waals surface area contributed by atoms with Gasteiger partial charge in [0, 0.05) is 55.8 Å². The average molecular weight is 536 g/mol. The smallest absolute Gasteiger partial charge is 0.233 e. The van der Waals surface area contributed by atoms with E-state index in [4.69, 9.17) is 15.0 Å². The van der Waals surface area contributed by atoms with Gasteiger partial charge in [-0.2, -0.15) is 15.0 Å². The minimum Gasteiger partial charge on any atom is -0.369 e.